The van der Waals surface area contributed by atoms with Gasteiger partial charge in [-0.05, 0) is 49.2 Å². The maximum absolute atomic E-state index is 12.7. The molecular formula is C21H22F3N3O4. The second kappa shape index (κ2) is 9.69. The Hall–Kier alpha value is -3.27. The lowest BCUT2D eigenvalue weighted by molar-refractivity contribution is -0.137. The third kappa shape index (κ3) is 7.18. The highest BCUT2D eigenvalue weighted by Crippen LogP contribution is 2.31. The lowest BCUT2D eigenvalue weighted by atomic mass is 10.2. The molecule has 0 aliphatic heterocycles. The summed E-state index contributed by atoms with van der Waals surface area (Å²) in [5, 5.41) is 17.9. The molecule has 2 aromatic rings. The van der Waals surface area contributed by atoms with Crippen LogP contribution in [0.2, 0.25) is 0 Å². The standard InChI is InChI=1S/C21H22F3N3O4/c22-21(23,24)14-4-2-6-18(10-14)31-12-17(28)11-25-19(29)13-3-1-5-16(9-13)27-20(30)26-15-7-8-15/h1-6,9-10,15,17,28H,7-8,11-12H2,(H,25,29)(H2,26,27,30). The van der Waals surface area contributed by atoms with Gasteiger partial charge in [0.15, 0.2) is 0 Å². The van der Waals surface area contributed by atoms with Gasteiger partial charge in [-0.25, -0.2) is 4.79 Å². The summed E-state index contributed by atoms with van der Waals surface area (Å²) in [5.74, 6) is -0.521. The van der Waals surface area contributed by atoms with E-state index in [2.05, 4.69) is 16.0 Å². The van der Waals surface area contributed by atoms with Crippen molar-refractivity contribution in [2.45, 2.75) is 31.2 Å². The van der Waals surface area contributed by atoms with Crippen molar-refractivity contribution in [1.82, 2.24) is 10.6 Å². The average Bonchev–Trinajstić information content (AvgIpc) is 3.54. The van der Waals surface area contributed by atoms with Gasteiger partial charge >= 0.3 is 12.2 Å². The normalized spacial score (nSPS) is 14.5. The SMILES string of the molecule is O=C(Nc1cccc(C(=O)NCC(O)COc2cccc(C(F)(F)F)c2)c1)NC1CC1. The molecule has 1 atom stereocenters. The highest BCUT2D eigenvalue weighted by Gasteiger charge is 2.30. The van der Waals surface area contributed by atoms with Crippen molar-refractivity contribution in [1.29, 1.82) is 0 Å². The van der Waals surface area contributed by atoms with Crippen LogP contribution in [0.15, 0.2) is 48.5 Å². The molecular weight excluding hydrogens is 415 g/mol. The van der Waals surface area contributed by atoms with Gasteiger partial charge in [0, 0.05) is 23.8 Å². The summed E-state index contributed by atoms with van der Waals surface area (Å²) >= 11 is 0. The van der Waals surface area contributed by atoms with Crippen LogP contribution < -0.4 is 20.7 Å². The molecule has 10 heteroatoms. The van der Waals surface area contributed by atoms with Crippen LogP contribution in [0, 0.1) is 0 Å². The zero-order valence-electron chi connectivity index (χ0n) is 16.4. The Kier molecular flexibility index (Phi) is 7.01. The first kappa shape index (κ1) is 22.4. The average molecular weight is 437 g/mol. The molecule has 3 amide bonds. The summed E-state index contributed by atoms with van der Waals surface area (Å²) in [6.07, 6.45) is -3.72. The fourth-order valence-corrected chi connectivity index (χ4v) is 2.64. The van der Waals surface area contributed by atoms with Crippen LogP contribution in [-0.2, 0) is 6.18 Å². The monoisotopic (exact) mass is 437 g/mol. The van der Waals surface area contributed by atoms with Gasteiger partial charge in [0.05, 0.1) is 5.56 Å². The third-order valence-corrected chi connectivity index (χ3v) is 4.40. The Morgan fingerprint density at radius 2 is 1.87 bits per heavy atom. The largest absolute Gasteiger partial charge is 0.491 e. The summed E-state index contributed by atoms with van der Waals surface area (Å²) in [6.45, 7) is -0.470. The van der Waals surface area contributed by atoms with Crippen molar-refractivity contribution in [2.75, 3.05) is 18.5 Å². The molecule has 4 N–H and O–H groups in total. The molecule has 0 aromatic heterocycles. The van der Waals surface area contributed by atoms with Crippen LogP contribution in [0.3, 0.4) is 0 Å². The maximum Gasteiger partial charge on any atom is 0.416 e. The molecule has 0 radical (unpaired) electrons. The number of rotatable bonds is 8. The van der Waals surface area contributed by atoms with Crippen LogP contribution in [0.5, 0.6) is 5.75 Å². The van der Waals surface area contributed by atoms with Gasteiger partial charge in [0.1, 0.15) is 18.5 Å². The van der Waals surface area contributed by atoms with E-state index in [0.29, 0.717) is 5.69 Å². The molecule has 166 valence electrons. The molecule has 2 aromatic carbocycles. The third-order valence-electron chi connectivity index (χ3n) is 4.40. The fraction of sp³-hybridized carbons (Fsp3) is 0.333. The summed E-state index contributed by atoms with van der Waals surface area (Å²) in [6, 6.07) is 10.4. The topological polar surface area (TPSA) is 99.7 Å². The first-order valence-corrected chi connectivity index (χ1v) is 9.64. The predicted molar refractivity (Wildman–Crippen MR) is 107 cm³/mol. The van der Waals surface area contributed by atoms with E-state index in [1.807, 2.05) is 0 Å². The smallest absolute Gasteiger partial charge is 0.416 e. The molecule has 0 heterocycles. The van der Waals surface area contributed by atoms with E-state index in [0.717, 1.165) is 25.0 Å². The first-order chi connectivity index (χ1) is 14.7. The number of urea groups is 1. The highest BCUT2D eigenvalue weighted by molar-refractivity contribution is 5.96. The van der Waals surface area contributed by atoms with E-state index in [4.69, 9.17) is 4.74 Å². The number of hydrogen-bond acceptors (Lipinski definition) is 4. The van der Waals surface area contributed by atoms with Crippen molar-refractivity contribution >= 4 is 17.6 Å². The molecule has 1 aliphatic carbocycles. The van der Waals surface area contributed by atoms with Crippen molar-refractivity contribution in [2.24, 2.45) is 0 Å². The number of benzene rings is 2. The number of hydrogen-bond donors (Lipinski definition) is 4. The number of aliphatic hydroxyl groups is 1. The molecule has 31 heavy (non-hydrogen) atoms. The zero-order valence-corrected chi connectivity index (χ0v) is 16.4. The molecule has 0 spiro atoms. The van der Waals surface area contributed by atoms with Gasteiger partial charge in [-0.2, -0.15) is 13.2 Å². The minimum Gasteiger partial charge on any atom is -0.491 e. The van der Waals surface area contributed by atoms with Gasteiger partial charge in [-0.1, -0.05) is 12.1 Å². The summed E-state index contributed by atoms with van der Waals surface area (Å²) in [5.41, 5.74) is -0.137. The van der Waals surface area contributed by atoms with E-state index < -0.39 is 23.8 Å². The Labute approximate surface area is 176 Å². The molecule has 0 bridgehead atoms. The molecule has 1 aliphatic rings. The first-order valence-electron chi connectivity index (χ1n) is 9.64. The van der Waals surface area contributed by atoms with Crippen LogP contribution >= 0.6 is 0 Å². The van der Waals surface area contributed by atoms with Crippen molar-refractivity contribution in [3.63, 3.8) is 0 Å². The zero-order chi connectivity index (χ0) is 22.4. The van der Waals surface area contributed by atoms with Crippen LogP contribution in [0.4, 0.5) is 23.7 Å². The molecule has 7 nitrogen and oxygen atoms in total. The minimum atomic E-state index is -4.49. The van der Waals surface area contributed by atoms with Crippen molar-refractivity contribution < 1.29 is 32.6 Å². The van der Waals surface area contributed by atoms with E-state index in [1.165, 1.54) is 18.2 Å². The quantitative estimate of drug-likeness (QED) is 0.510. The Morgan fingerprint density at radius 3 is 2.58 bits per heavy atom. The van der Waals surface area contributed by atoms with Gasteiger partial charge in [0.25, 0.3) is 5.91 Å². The molecule has 1 fully saturated rings. The summed E-state index contributed by atoms with van der Waals surface area (Å²) in [4.78, 5) is 24.1. The number of halogens is 3. The van der Waals surface area contributed by atoms with Crippen LogP contribution in [-0.4, -0.2) is 42.3 Å². The lowest BCUT2D eigenvalue weighted by Gasteiger charge is -2.15. The Bertz CT molecular complexity index is 932. The number of alkyl halides is 3. The molecule has 1 saturated carbocycles. The van der Waals surface area contributed by atoms with Gasteiger partial charge in [-0.3, -0.25) is 4.79 Å². The number of ether oxygens (including phenoxy) is 1. The number of aliphatic hydroxyl groups excluding tert-OH is 1. The number of anilines is 1. The van der Waals surface area contributed by atoms with E-state index in [-0.39, 0.29) is 36.5 Å². The van der Waals surface area contributed by atoms with E-state index in [1.54, 1.807) is 18.2 Å². The second-order valence-electron chi connectivity index (χ2n) is 7.15. The van der Waals surface area contributed by atoms with Crippen LogP contribution in [0.1, 0.15) is 28.8 Å². The van der Waals surface area contributed by atoms with Gasteiger partial charge in [0.2, 0.25) is 0 Å². The summed E-state index contributed by atoms with van der Waals surface area (Å²) in [7, 11) is 0. The number of carbonyl (C=O) groups is 2. The number of carbonyl (C=O) groups excluding carboxylic acids is 2. The Morgan fingerprint density at radius 1 is 1.13 bits per heavy atom. The summed E-state index contributed by atoms with van der Waals surface area (Å²) < 4.78 is 43.3. The Balaban J connectivity index is 1.45. The van der Waals surface area contributed by atoms with Crippen LogP contribution in [0.25, 0.3) is 0 Å². The highest BCUT2D eigenvalue weighted by atomic mass is 19.4. The van der Waals surface area contributed by atoms with E-state index >= 15 is 0 Å². The molecule has 0 saturated heterocycles. The molecule has 3 rings (SSSR count). The second-order valence-corrected chi connectivity index (χ2v) is 7.15. The van der Waals surface area contributed by atoms with Gasteiger partial charge in [-0.15, -0.1) is 0 Å². The molecule has 1 unspecified atom stereocenters. The fourth-order valence-electron chi connectivity index (χ4n) is 2.64. The van der Waals surface area contributed by atoms with Gasteiger partial charge < -0.3 is 25.8 Å². The predicted octanol–water partition coefficient (Wildman–Crippen LogP) is 3.16. The number of amides is 3. The van der Waals surface area contributed by atoms with Crippen molar-refractivity contribution in [3.8, 4) is 5.75 Å². The lowest BCUT2D eigenvalue weighted by Crippen LogP contribution is -2.35. The number of nitrogens with one attached hydrogen (secondary N) is 3. The maximum atomic E-state index is 12.7. The minimum absolute atomic E-state index is 0.0385. The van der Waals surface area contributed by atoms with Crippen molar-refractivity contribution in [3.05, 3.63) is 59.7 Å². The van der Waals surface area contributed by atoms with E-state index in [9.17, 15) is 27.9 Å².